The van der Waals surface area contributed by atoms with Crippen LogP contribution in [0.2, 0.25) is 0 Å². The van der Waals surface area contributed by atoms with Gasteiger partial charge in [-0.3, -0.25) is 9.59 Å². The number of carbonyl (C=O) groups excluding carboxylic acids is 2. The van der Waals surface area contributed by atoms with Crippen molar-refractivity contribution in [1.29, 1.82) is 0 Å². The second-order valence-corrected chi connectivity index (χ2v) is 7.55. The number of ether oxygens (including phenoxy) is 1. The van der Waals surface area contributed by atoms with Crippen molar-refractivity contribution in [3.05, 3.63) is 65.6 Å². The zero-order valence-electron chi connectivity index (χ0n) is 16.5. The Labute approximate surface area is 169 Å². The second kappa shape index (κ2) is 7.70. The molecule has 0 bridgehead atoms. The molecule has 0 radical (unpaired) electrons. The van der Waals surface area contributed by atoms with Crippen molar-refractivity contribution < 1.29 is 18.7 Å². The number of hydrogen-bond donors (Lipinski definition) is 0. The van der Waals surface area contributed by atoms with E-state index < -0.39 is 17.6 Å². The van der Waals surface area contributed by atoms with Crippen LogP contribution in [0.4, 0.5) is 10.1 Å². The molecule has 1 saturated heterocycles. The lowest BCUT2D eigenvalue weighted by molar-refractivity contribution is -0.120. The Morgan fingerprint density at radius 2 is 1.69 bits per heavy atom. The first-order valence-electron chi connectivity index (χ1n) is 9.77. The molecule has 2 aromatic carbocycles. The molecule has 0 spiro atoms. The maximum atomic E-state index is 13.8. The normalized spacial score (nSPS) is 18.0. The van der Waals surface area contributed by atoms with Gasteiger partial charge in [-0.05, 0) is 54.7 Å². The Morgan fingerprint density at radius 3 is 2.31 bits per heavy atom. The van der Waals surface area contributed by atoms with Gasteiger partial charge in [-0.1, -0.05) is 25.1 Å². The number of anilines is 1. The molecule has 6 heteroatoms. The molecule has 0 N–H and O–H groups in total. The average Bonchev–Trinajstić information content (AvgIpc) is 2.99. The van der Waals surface area contributed by atoms with E-state index in [2.05, 4.69) is 6.92 Å². The molecule has 2 aromatic rings. The standard InChI is InChI=1S/C23H23FN2O3/c1-15-10-12-25(13-11-15)21-20(16-6-8-19(29-2)9-7-16)22(27)26(23(21)28)18-5-3-4-17(24)14-18/h3-9,14-15H,10-13H2,1-2H3. The summed E-state index contributed by atoms with van der Waals surface area (Å²) >= 11 is 0. The molecule has 0 atom stereocenters. The van der Waals surface area contributed by atoms with Gasteiger partial charge in [0.1, 0.15) is 17.3 Å². The van der Waals surface area contributed by atoms with E-state index in [1.54, 1.807) is 37.4 Å². The van der Waals surface area contributed by atoms with Gasteiger partial charge in [-0.2, -0.15) is 0 Å². The highest BCUT2D eigenvalue weighted by Gasteiger charge is 2.43. The number of halogens is 1. The van der Waals surface area contributed by atoms with Crippen LogP contribution in [0.15, 0.2) is 54.2 Å². The van der Waals surface area contributed by atoms with Gasteiger partial charge in [0.2, 0.25) is 0 Å². The predicted octanol–water partition coefficient (Wildman–Crippen LogP) is 3.85. The van der Waals surface area contributed by atoms with Crippen molar-refractivity contribution in [2.45, 2.75) is 19.8 Å². The summed E-state index contributed by atoms with van der Waals surface area (Å²) in [6.07, 6.45) is 1.92. The summed E-state index contributed by atoms with van der Waals surface area (Å²) in [5.41, 5.74) is 1.65. The SMILES string of the molecule is COc1ccc(C2=C(N3CCC(C)CC3)C(=O)N(c3cccc(F)c3)C2=O)cc1. The largest absolute Gasteiger partial charge is 0.497 e. The summed E-state index contributed by atoms with van der Waals surface area (Å²) in [6, 6.07) is 12.7. The lowest BCUT2D eigenvalue weighted by atomic mass is 9.97. The molecule has 5 nitrogen and oxygen atoms in total. The maximum absolute atomic E-state index is 13.8. The van der Waals surface area contributed by atoms with E-state index in [1.165, 1.54) is 18.2 Å². The van der Waals surface area contributed by atoms with Crippen molar-refractivity contribution in [3.8, 4) is 5.75 Å². The van der Waals surface area contributed by atoms with E-state index >= 15 is 0 Å². The fourth-order valence-electron chi connectivity index (χ4n) is 3.91. The summed E-state index contributed by atoms with van der Waals surface area (Å²) in [4.78, 5) is 29.8. The number of piperidine rings is 1. The molecular formula is C23H23FN2O3. The Balaban J connectivity index is 1.80. The first-order chi connectivity index (χ1) is 14.0. The van der Waals surface area contributed by atoms with Crippen LogP contribution in [0, 0.1) is 11.7 Å². The van der Waals surface area contributed by atoms with Crippen molar-refractivity contribution in [3.63, 3.8) is 0 Å². The van der Waals surface area contributed by atoms with Gasteiger partial charge in [0.05, 0.1) is 18.4 Å². The summed E-state index contributed by atoms with van der Waals surface area (Å²) in [7, 11) is 1.57. The molecule has 0 aliphatic carbocycles. The third-order valence-electron chi connectivity index (χ3n) is 5.60. The van der Waals surface area contributed by atoms with Crippen molar-refractivity contribution in [1.82, 2.24) is 4.90 Å². The fourth-order valence-corrected chi connectivity index (χ4v) is 3.91. The van der Waals surface area contributed by atoms with Crippen LogP contribution in [-0.2, 0) is 9.59 Å². The van der Waals surface area contributed by atoms with Gasteiger partial charge >= 0.3 is 0 Å². The van der Waals surface area contributed by atoms with Crippen molar-refractivity contribution >= 4 is 23.1 Å². The summed E-state index contributed by atoms with van der Waals surface area (Å²) in [6.45, 7) is 3.62. The number of methoxy groups -OCH3 is 1. The Hall–Kier alpha value is -3.15. The lowest BCUT2D eigenvalue weighted by Crippen LogP contribution is -2.38. The average molecular weight is 394 g/mol. The minimum absolute atomic E-state index is 0.242. The van der Waals surface area contributed by atoms with Crippen molar-refractivity contribution in [2.24, 2.45) is 5.92 Å². The monoisotopic (exact) mass is 394 g/mol. The van der Waals surface area contributed by atoms with Gasteiger partial charge in [-0.15, -0.1) is 0 Å². The molecule has 0 aromatic heterocycles. The number of benzene rings is 2. The topological polar surface area (TPSA) is 49.9 Å². The number of imide groups is 1. The van der Waals surface area contributed by atoms with Crippen LogP contribution in [0.5, 0.6) is 5.75 Å². The molecule has 29 heavy (non-hydrogen) atoms. The highest BCUT2D eigenvalue weighted by atomic mass is 19.1. The lowest BCUT2D eigenvalue weighted by Gasteiger charge is -2.32. The van der Waals surface area contributed by atoms with E-state index in [1.807, 2.05) is 4.90 Å². The number of rotatable bonds is 4. The third-order valence-corrected chi connectivity index (χ3v) is 5.60. The summed E-state index contributed by atoms with van der Waals surface area (Å²) in [5, 5.41) is 0. The first kappa shape index (κ1) is 19.2. The predicted molar refractivity (Wildman–Crippen MR) is 109 cm³/mol. The van der Waals surface area contributed by atoms with Crippen LogP contribution in [0.25, 0.3) is 5.57 Å². The number of hydrogen-bond acceptors (Lipinski definition) is 4. The van der Waals surface area contributed by atoms with Crippen LogP contribution in [0.1, 0.15) is 25.3 Å². The van der Waals surface area contributed by atoms with Gasteiger partial charge in [0, 0.05) is 13.1 Å². The van der Waals surface area contributed by atoms with Gasteiger partial charge < -0.3 is 9.64 Å². The number of carbonyl (C=O) groups is 2. The molecule has 4 rings (SSSR count). The van der Waals surface area contributed by atoms with Crippen LogP contribution >= 0.6 is 0 Å². The van der Waals surface area contributed by atoms with Crippen molar-refractivity contribution in [2.75, 3.05) is 25.1 Å². The minimum atomic E-state index is -0.491. The Kier molecular flexibility index (Phi) is 5.09. The Morgan fingerprint density at radius 1 is 1.00 bits per heavy atom. The number of nitrogens with zero attached hydrogens (tertiary/aromatic N) is 2. The molecule has 0 unspecified atom stereocenters. The fraction of sp³-hybridized carbons (Fsp3) is 0.304. The Bertz CT molecular complexity index is 976. The van der Waals surface area contributed by atoms with Crippen LogP contribution in [-0.4, -0.2) is 36.9 Å². The van der Waals surface area contributed by atoms with E-state index in [-0.39, 0.29) is 5.69 Å². The van der Waals surface area contributed by atoms with Crippen LogP contribution < -0.4 is 9.64 Å². The van der Waals surface area contributed by atoms with E-state index in [0.717, 1.165) is 17.7 Å². The van der Waals surface area contributed by atoms with E-state index in [9.17, 15) is 14.0 Å². The zero-order chi connectivity index (χ0) is 20.5. The van der Waals surface area contributed by atoms with E-state index in [4.69, 9.17) is 4.74 Å². The first-order valence-corrected chi connectivity index (χ1v) is 9.77. The van der Waals surface area contributed by atoms with Gasteiger partial charge in [0.15, 0.2) is 0 Å². The second-order valence-electron chi connectivity index (χ2n) is 7.55. The highest BCUT2D eigenvalue weighted by Crippen LogP contribution is 2.36. The summed E-state index contributed by atoms with van der Waals surface area (Å²) in [5.74, 6) is -0.0704. The molecule has 1 fully saturated rings. The van der Waals surface area contributed by atoms with Crippen LogP contribution in [0.3, 0.4) is 0 Å². The maximum Gasteiger partial charge on any atom is 0.282 e. The molecule has 2 amide bonds. The van der Waals surface area contributed by atoms with E-state index in [0.29, 0.717) is 41.6 Å². The van der Waals surface area contributed by atoms with Gasteiger partial charge in [0.25, 0.3) is 11.8 Å². The third kappa shape index (κ3) is 3.50. The van der Waals surface area contributed by atoms with Gasteiger partial charge in [-0.25, -0.2) is 9.29 Å². The minimum Gasteiger partial charge on any atom is -0.497 e. The smallest absolute Gasteiger partial charge is 0.282 e. The molecule has 0 saturated carbocycles. The molecular weight excluding hydrogens is 371 g/mol. The molecule has 150 valence electrons. The quantitative estimate of drug-likeness (QED) is 0.739. The summed E-state index contributed by atoms with van der Waals surface area (Å²) < 4.78 is 19.0. The highest BCUT2D eigenvalue weighted by molar-refractivity contribution is 6.45. The number of amides is 2. The molecule has 2 heterocycles. The molecule has 2 aliphatic rings. The zero-order valence-corrected chi connectivity index (χ0v) is 16.5. The number of likely N-dealkylation sites (tertiary alicyclic amines) is 1. The molecule has 2 aliphatic heterocycles.